The Bertz CT molecular complexity index is 1830. The molecular weight excluding hydrogens is 672 g/mol. The summed E-state index contributed by atoms with van der Waals surface area (Å²) in [4.78, 5) is 52.2. The number of rotatable bonds is 16. The molecule has 1 heterocycles. The van der Waals surface area contributed by atoms with E-state index in [1.807, 2.05) is 61.7 Å². The number of aliphatic hydroxyl groups excluding tert-OH is 1. The Morgan fingerprint density at radius 3 is 2.21 bits per heavy atom. The van der Waals surface area contributed by atoms with Gasteiger partial charge in [0.1, 0.15) is 30.9 Å². The van der Waals surface area contributed by atoms with Gasteiger partial charge in [-0.3, -0.25) is 14.4 Å². The molecule has 4 amide bonds. The Hall–Kier alpha value is -5.56. The standard InChI is InChI=1S/C39H45F2N5O6/c1-39(2,3)36(33-19-28(30-20-29(40)15-16-31(30)41)23-45(33)22-26-11-6-4-7-12-26)46(35(49)24-47)18-10-17-43-37(50)32(21-34(42)48)44-38(51)52-25-27-13-8-5-9-14-27/h4-9,11-16,19-20,23,32,36,47H,10,17-18,21-22,24-25H2,1-3H3,(H2,42,48)(H,43,50)(H,44,51)/t32-,36-/m0/s1. The number of carbonyl (C=O) groups is 4. The fourth-order valence-electron chi connectivity index (χ4n) is 6.00. The highest BCUT2D eigenvalue weighted by atomic mass is 19.1. The van der Waals surface area contributed by atoms with Crippen molar-refractivity contribution < 1.29 is 37.8 Å². The number of amides is 4. The normalized spacial score (nSPS) is 12.4. The second-order valence-corrected chi connectivity index (χ2v) is 13.5. The number of benzene rings is 3. The van der Waals surface area contributed by atoms with Gasteiger partial charge in [-0.2, -0.15) is 0 Å². The summed E-state index contributed by atoms with van der Waals surface area (Å²) in [5.74, 6) is -3.28. The summed E-state index contributed by atoms with van der Waals surface area (Å²) in [5, 5.41) is 15.1. The number of carbonyl (C=O) groups excluding carboxylic acids is 4. The van der Waals surface area contributed by atoms with Crippen LogP contribution in [0.3, 0.4) is 0 Å². The molecule has 0 bridgehead atoms. The van der Waals surface area contributed by atoms with Crippen LogP contribution in [0.1, 0.15) is 56.5 Å². The fraction of sp³-hybridized carbons (Fsp3) is 0.333. The van der Waals surface area contributed by atoms with Crippen molar-refractivity contribution in [2.45, 2.75) is 58.8 Å². The molecular formula is C39H45F2N5O6. The van der Waals surface area contributed by atoms with E-state index in [1.165, 1.54) is 4.90 Å². The topological polar surface area (TPSA) is 156 Å². The molecule has 0 fully saturated rings. The van der Waals surface area contributed by atoms with Crippen LogP contribution in [0.5, 0.6) is 0 Å². The van der Waals surface area contributed by atoms with Gasteiger partial charge < -0.3 is 35.7 Å². The number of aliphatic hydroxyl groups is 1. The van der Waals surface area contributed by atoms with E-state index in [0.717, 1.165) is 29.3 Å². The minimum Gasteiger partial charge on any atom is -0.445 e. The van der Waals surface area contributed by atoms with Gasteiger partial charge in [0.05, 0.1) is 12.5 Å². The Kier molecular flexibility index (Phi) is 13.6. The number of hydrogen-bond acceptors (Lipinski definition) is 6. The molecule has 2 atom stereocenters. The van der Waals surface area contributed by atoms with Crippen molar-refractivity contribution in [3.05, 3.63) is 120 Å². The predicted molar refractivity (Wildman–Crippen MR) is 191 cm³/mol. The summed E-state index contributed by atoms with van der Waals surface area (Å²) in [6.45, 7) is 5.41. The number of alkyl carbamates (subject to hydrolysis) is 1. The number of nitrogens with zero attached hydrogens (tertiary/aromatic N) is 2. The highest BCUT2D eigenvalue weighted by Crippen LogP contribution is 2.41. The first-order chi connectivity index (χ1) is 24.8. The first-order valence-corrected chi connectivity index (χ1v) is 16.9. The fourth-order valence-corrected chi connectivity index (χ4v) is 6.00. The molecule has 0 aliphatic carbocycles. The maximum atomic E-state index is 15.0. The number of halogens is 2. The largest absolute Gasteiger partial charge is 0.445 e. The molecule has 0 aliphatic rings. The van der Waals surface area contributed by atoms with E-state index < -0.39 is 66.0 Å². The van der Waals surface area contributed by atoms with E-state index in [9.17, 15) is 28.7 Å². The van der Waals surface area contributed by atoms with Crippen LogP contribution in [0.25, 0.3) is 11.1 Å². The first kappa shape index (κ1) is 39.2. The van der Waals surface area contributed by atoms with Crippen LogP contribution < -0.4 is 16.4 Å². The third-order valence-electron chi connectivity index (χ3n) is 8.33. The van der Waals surface area contributed by atoms with Crippen molar-refractivity contribution >= 4 is 23.8 Å². The molecule has 0 saturated carbocycles. The van der Waals surface area contributed by atoms with Crippen LogP contribution >= 0.6 is 0 Å². The van der Waals surface area contributed by atoms with Crippen molar-refractivity contribution in [3.63, 3.8) is 0 Å². The number of nitrogens with one attached hydrogen (secondary N) is 2. The average molecular weight is 718 g/mol. The zero-order valence-corrected chi connectivity index (χ0v) is 29.5. The number of ether oxygens (including phenoxy) is 1. The summed E-state index contributed by atoms with van der Waals surface area (Å²) in [6.07, 6.45) is 0.558. The molecule has 3 aromatic carbocycles. The van der Waals surface area contributed by atoms with Gasteiger partial charge in [0.25, 0.3) is 0 Å². The second kappa shape index (κ2) is 18.1. The van der Waals surface area contributed by atoms with Gasteiger partial charge in [-0.1, -0.05) is 81.4 Å². The Balaban J connectivity index is 1.54. The molecule has 0 saturated heterocycles. The van der Waals surface area contributed by atoms with Gasteiger partial charge in [-0.15, -0.1) is 0 Å². The van der Waals surface area contributed by atoms with Crippen molar-refractivity contribution in [1.82, 2.24) is 20.1 Å². The van der Waals surface area contributed by atoms with Crippen LogP contribution in [0.2, 0.25) is 0 Å². The Morgan fingerprint density at radius 2 is 1.60 bits per heavy atom. The van der Waals surface area contributed by atoms with Gasteiger partial charge in [-0.05, 0) is 47.2 Å². The van der Waals surface area contributed by atoms with Gasteiger partial charge >= 0.3 is 6.09 Å². The molecule has 0 unspecified atom stereocenters. The number of nitrogens with two attached hydrogens (primary N) is 1. The van der Waals surface area contributed by atoms with Crippen molar-refractivity contribution in [1.29, 1.82) is 0 Å². The van der Waals surface area contributed by atoms with Gasteiger partial charge in [-0.25, -0.2) is 13.6 Å². The average Bonchev–Trinajstić information content (AvgIpc) is 3.51. The SMILES string of the molecule is CC(C)(C)[C@H](c1cc(-c2cc(F)ccc2F)cn1Cc1ccccc1)N(CCCNC(=O)[C@H](CC(N)=O)NC(=O)OCc1ccccc1)C(=O)CO. The van der Waals surface area contributed by atoms with Crippen molar-refractivity contribution in [3.8, 4) is 11.1 Å². The maximum absolute atomic E-state index is 15.0. The number of aromatic nitrogens is 1. The molecule has 0 aliphatic heterocycles. The number of hydrogen-bond donors (Lipinski definition) is 4. The van der Waals surface area contributed by atoms with Crippen LogP contribution in [-0.2, 0) is 32.3 Å². The molecule has 52 heavy (non-hydrogen) atoms. The third kappa shape index (κ3) is 11.0. The molecule has 0 radical (unpaired) electrons. The molecule has 11 nitrogen and oxygen atoms in total. The highest BCUT2D eigenvalue weighted by Gasteiger charge is 2.37. The van der Waals surface area contributed by atoms with Crippen molar-refractivity contribution in [2.75, 3.05) is 19.7 Å². The molecule has 4 aromatic rings. The molecule has 13 heteroatoms. The zero-order chi connectivity index (χ0) is 37.8. The van der Waals surface area contributed by atoms with Gasteiger partial charge in [0.15, 0.2) is 0 Å². The van der Waals surface area contributed by atoms with Crippen LogP contribution in [0.15, 0.2) is 91.1 Å². The van der Waals surface area contributed by atoms with Crippen molar-refractivity contribution in [2.24, 2.45) is 11.1 Å². The quantitative estimate of drug-likeness (QED) is 0.119. The second-order valence-electron chi connectivity index (χ2n) is 13.5. The highest BCUT2D eigenvalue weighted by molar-refractivity contribution is 5.90. The zero-order valence-electron chi connectivity index (χ0n) is 29.5. The monoisotopic (exact) mass is 717 g/mol. The summed E-state index contributed by atoms with van der Waals surface area (Å²) in [5.41, 5.74) is 7.47. The first-order valence-electron chi connectivity index (χ1n) is 16.9. The molecule has 4 rings (SSSR count). The lowest BCUT2D eigenvalue weighted by Crippen LogP contribution is -2.49. The predicted octanol–water partition coefficient (Wildman–Crippen LogP) is 5.07. The Morgan fingerprint density at radius 1 is 0.942 bits per heavy atom. The lowest BCUT2D eigenvalue weighted by molar-refractivity contribution is -0.139. The molecule has 1 aromatic heterocycles. The summed E-state index contributed by atoms with van der Waals surface area (Å²) < 4.78 is 36.4. The molecule has 0 spiro atoms. The van der Waals surface area contributed by atoms with E-state index in [4.69, 9.17) is 10.5 Å². The van der Waals surface area contributed by atoms with E-state index in [0.29, 0.717) is 17.8 Å². The lowest BCUT2D eigenvalue weighted by atomic mass is 9.83. The molecule has 5 N–H and O–H groups in total. The third-order valence-corrected chi connectivity index (χ3v) is 8.33. The summed E-state index contributed by atoms with van der Waals surface area (Å²) in [7, 11) is 0. The Labute approximate surface area is 301 Å². The summed E-state index contributed by atoms with van der Waals surface area (Å²) >= 11 is 0. The summed E-state index contributed by atoms with van der Waals surface area (Å²) in [6, 6.07) is 21.4. The van der Waals surface area contributed by atoms with E-state index >= 15 is 4.39 Å². The van der Waals surface area contributed by atoms with Crippen LogP contribution in [0, 0.1) is 17.0 Å². The molecule has 276 valence electrons. The van der Waals surface area contributed by atoms with Gasteiger partial charge in [0.2, 0.25) is 17.7 Å². The minimum atomic E-state index is -1.30. The van der Waals surface area contributed by atoms with E-state index in [1.54, 1.807) is 36.5 Å². The maximum Gasteiger partial charge on any atom is 0.408 e. The minimum absolute atomic E-state index is 0.0334. The van der Waals surface area contributed by atoms with Gasteiger partial charge in [0, 0.05) is 42.7 Å². The lowest BCUT2D eigenvalue weighted by Gasteiger charge is -2.41. The van der Waals surface area contributed by atoms with Crippen LogP contribution in [-0.4, -0.2) is 64.1 Å². The van der Waals surface area contributed by atoms with E-state index in [2.05, 4.69) is 10.6 Å². The van der Waals surface area contributed by atoms with Crippen LogP contribution in [0.4, 0.5) is 13.6 Å². The number of primary amides is 1. The van der Waals surface area contributed by atoms with E-state index in [-0.39, 0.29) is 31.7 Å². The smallest absolute Gasteiger partial charge is 0.408 e.